The van der Waals surface area contributed by atoms with Crippen molar-refractivity contribution in [3.63, 3.8) is 0 Å². The molecule has 1 aromatic carbocycles. The molecule has 116 valence electrons. The highest BCUT2D eigenvalue weighted by molar-refractivity contribution is 8.00. The Hall–Kier alpha value is -1.82. The van der Waals surface area contributed by atoms with Crippen LogP contribution in [0.25, 0.3) is 0 Å². The molecule has 0 radical (unpaired) electrons. The Morgan fingerprint density at radius 1 is 1.36 bits per heavy atom. The summed E-state index contributed by atoms with van der Waals surface area (Å²) < 4.78 is 5.58. The first-order valence-electron chi connectivity index (χ1n) is 7.41. The zero-order valence-electron chi connectivity index (χ0n) is 12.9. The van der Waals surface area contributed by atoms with Crippen LogP contribution in [0.4, 0.5) is 5.69 Å². The Bertz CT molecular complexity index is 694. The molecule has 1 N–H and O–H groups in total. The Kier molecular flexibility index (Phi) is 4.20. The molecule has 0 spiro atoms. The van der Waals surface area contributed by atoms with Crippen LogP contribution in [-0.2, 0) is 4.79 Å². The summed E-state index contributed by atoms with van der Waals surface area (Å²) in [6.45, 7) is 5.82. The number of carbonyl (C=O) groups excluding carboxylic acids is 1. The van der Waals surface area contributed by atoms with Crippen molar-refractivity contribution in [2.24, 2.45) is 0 Å². The third kappa shape index (κ3) is 3.50. The number of hydrogen-bond acceptors (Lipinski definition) is 5. The number of amides is 1. The lowest BCUT2D eigenvalue weighted by Crippen LogP contribution is -2.22. The summed E-state index contributed by atoms with van der Waals surface area (Å²) in [6, 6.07) is 6.01. The van der Waals surface area contributed by atoms with Crippen LogP contribution in [0.15, 0.2) is 27.8 Å². The van der Waals surface area contributed by atoms with Gasteiger partial charge in [-0.15, -0.1) is 10.2 Å². The van der Waals surface area contributed by atoms with E-state index in [0.717, 1.165) is 29.7 Å². The number of nitrogens with one attached hydrogen (secondary N) is 1. The van der Waals surface area contributed by atoms with Crippen molar-refractivity contribution >= 4 is 23.4 Å². The van der Waals surface area contributed by atoms with E-state index in [4.69, 9.17) is 4.42 Å². The number of anilines is 1. The van der Waals surface area contributed by atoms with Crippen LogP contribution in [-0.4, -0.2) is 21.4 Å². The Morgan fingerprint density at radius 3 is 2.86 bits per heavy atom. The van der Waals surface area contributed by atoms with Crippen LogP contribution in [0.5, 0.6) is 0 Å². The third-order valence-corrected chi connectivity index (χ3v) is 4.58. The maximum absolute atomic E-state index is 12.3. The zero-order chi connectivity index (χ0) is 15.7. The molecule has 1 heterocycles. The Balaban J connectivity index is 1.62. The Labute approximate surface area is 133 Å². The van der Waals surface area contributed by atoms with Gasteiger partial charge in [-0.05, 0) is 50.8 Å². The number of benzene rings is 1. The lowest BCUT2D eigenvalue weighted by molar-refractivity contribution is -0.115. The maximum atomic E-state index is 12.3. The largest absolute Gasteiger partial charge is 0.416 e. The molecule has 2 aromatic rings. The molecule has 1 fully saturated rings. The minimum atomic E-state index is -0.299. The normalized spacial score (nSPS) is 15.6. The highest BCUT2D eigenvalue weighted by Gasteiger charge is 2.30. The van der Waals surface area contributed by atoms with E-state index in [1.165, 1.54) is 11.8 Å². The van der Waals surface area contributed by atoms with E-state index in [2.05, 4.69) is 15.5 Å². The SMILES string of the molecule is Cc1ccc(C)c(NC(=O)[C@@H](C)Sc2nnc(C3CC3)o2)c1. The summed E-state index contributed by atoms with van der Waals surface area (Å²) >= 11 is 1.29. The summed E-state index contributed by atoms with van der Waals surface area (Å²) in [7, 11) is 0. The van der Waals surface area contributed by atoms with Gasteiger partial charge < -0.3 is 9.73 Å². The molecule has 5 nitrogen and oxygen atoms in total. The fourth-order valence-corrected chi connectivity index (χ4v) is 2.76. The van der Waals surface area contributed by atoms with Crippen LogP contribution in [0.3, 0.4) is 0 Å². The fourth-order valence-electron chi connectivity index (χ4n) is 2.07. The van der Waals surface area contributed by atoms with Crippen molar-refractivity contribution in [2.45, 2.75) is 50.0 Å². The van der Waals surface area contributed by atoms with Gasteiger partial charge >= 0.3 is 0 Å². The number of carbonyl (C=O) groups is 1. The molecule has 1 amide bonds. The summed E-state index contributed by atoms with van der Waals surface area (Å²) in [5.41, 5.74) is 3.01. The van der Waals surface area contributed by atoms with Gasteiger partial charge in [-0.1, -0.05) is 23.9 Å². The number of aromatic nitrogens is 2. The standard InChI is InChI=1S/C16H19N3O2S/c1-9-4-5-10(2)13(8-9)17-14(20)11(3)22-16-19-18-15(21-16)12-6-7-12/h4-5,8,11-12H,6-7H2,1-3H3,(H,17,20)/t11-/m1/s1. The van der Waals surface area contributed by atoms with Gasteiger partial charge in [0.25, 0.3) is 5.22 Å². The number of aryl methyl sites for hydroxylation is 2. The third-order valence-electron chi connectivity index (χ3n) is 3.65. The molecule has 1 saturated carbocycles. The zero-order valence-corrected chi connectivity index (χ0v) is 13.7. The fraction of sp³-hybridized carbons (Fsp3) is 0.438. The van der Waals surface area contributed by atoms with Gasteiger partial charge in [0.2, 0.25) is 11.8 Å². The summed E-state index contributed by atoms with van der Waals surface area (Å²) in [4.78, 5) is 12.3. The van der Waals surface area contributed by atoms with Gasteiger partial charge in [-0.25, -0.2) is 0 Å². The van der Waals surface area contributed by atoms with E-state index in [1.807, 2.05) is 39.0 Å². The lowest BCUT2D eigenvalue weighted by Gasteiger charge is -2.12. The van der Waals surface area contributed by atoms with Crippen molar-refractivity contribution in [1.82, 2.24) is 10.2 Å². The second kappa shape index (κ2) is 6.12. The smallest absolute Gasteiger partial charge is 0.277 e. The van der Waals surface area contributed by atoms with Gasteiger partial charge in [0.05, 0.1) is 5.25 Å². The number of nitrogens with zero attached hydrogens (tertiary/aromatic N) is 2. The van der Waals surface area contributed by atoms with Crippen molar-refractivity contribution in [3.8, 4) is 0 Å². The molecule has 1 aliphatic carbocycles. The van der Waals surface area contributed by atoms with Crippen LogP contribution in [0, 0.1) is 13.8 Å². The molecule has 0 bridgehead atoms. The quantitative estimate of drug-likeness (QED) is 0.852. The summed E-state index contributed by atoms with van der Waals surface area (Å²) in [5, 5.41) is 11.2. The molecular weight excluding hydrogens is 298 g/mol. The molecule has 0 saturated heterocycles. The predicted octanol–water partition coefficient (Wildman–Crippen LogP) is 3.68. The van der Waals surface area contributed by atoms with Gasteiger partial charge in [-0.3, -0.25) is 4.79 Å². The molecule has 1 aromatic heterocycles. The van der Waals surface area contributed by atoms with Gasteiger partial charge in [-0.2, -0.15) is 0 Å². The van der Waals surface area contributed by atoms with Gasteiger partial charge in [0.15, 0.2) is 0 Å². The minimum absolute atomic E-state index is 0.0649. The molecule has 0 aliphatic heterocycles. The van der Waals surface area contributed by atoms with Crippen molar-refractivity contribution in [3.05, 3.63) is 35.2 Å². The van der Waals surface area contributed by atoms with E-state index in [9.17, 15) is 4.79 Å². The summed E-state index contributed by atoms with van der Waals surface area (Å²) in [5.74, 6) is 1.07. The second-order valence-electron chi connectivity index (χ2n) is 5.75. The highest BCUT2D eigenvalue weighted by Crippen LogP contribution is 2.40. The highest BCUT2D eigenvalue weighted by atomic mass is 32.2. The van der Waals surface area contributed by atoms with Crippen LogP contribution in [0.2, 0.25) is 0 Å². The minimum Gasteiger partial charge on any atom is -0.416 e. The number of hydrogen-bond donors (Lipinski definition) is 1. The molecule has 22 heavy (non-hydrogen) atoms. The topological polar surface area (TPSA) is 68.0 Å². The van der Waals surface area contributed by atoms with E-state index in [1.54, 1.807) is 0 Å². The molecular formula is C16H19N3O2S. The molecule has 6 heteroatoms. The first kappa shape index (κ1) is 15.1. The summed E-state index contributed by atoms with van der Waals surface area (Å²) in [6.07, 6.45) is 2.24. The van der Waals surface area contributed by atoms with E-state index < -0.39 is 0 Å². The second-order valence-corrected chi connectivity index (χ2v) is 7.04. The van der Waals surface area contributed by atoms with Crippen molar-refractivity contribution in [2.75, 3.05) is 5.32 Å². The van der Waals surface area contributed by atoms with Crippen LogP contribution < -0.4 is 5.32 Å². The Morgan fingerprint density at radius 2 is 2.14 bits per heavy atom. The first-order chi connectivity index (χ1) is 10.5. The van der Waals surface area contributed by atoms with E-state index >= 15 is 0 Å². The number of rotatable bonds is 5. The predicted molar refractivity (Wildman–Crippen MR) is 86.1 cm³/mol. The maximum Gasteiger partial charge on any atom is 0.277 e. The number of thioether (sulfide) groups is 1. The monoisotopic (exact) mass is 317 g/mol. The lowest BCUT2D eigenvalue weighted by atomic mass is 10.1. The molecule has 1 atom stereocenters. The molecule has 0 unspecified atom stereocenters. The van der Waals surface area contributed by atoms with E-state index in [-0.39, 0.29) is 11.2 Å². The van der Waals surface area contributed by atoms with Gasteiger partial charge in [0, 0.05) is 11.6 Å². The average molecular weight is 317 g/mol. The van der Waals surface area contributed by atoms with Crippen molar-refractivity contribution < 1.29 is 9.21 Å². The van der Waals surface area contributed by atoms with Crippen LogP contribution >= 0.6 is 11.8 Å². The van der Waals surface area contributed by atoms with Crippen molar-refractivity contribution in [1.29, 1.82) is 0 Å². The average Bonchev–Trinajstić information content (AvgIpc) is 3.23. The molecule has 3 rings (SSSR count). The molecule has 1 aliphatic rings. The van der Waals surface area contributed by atoms with Gasteiger partial charge in [0.1, 0.15) is 0 Å². The first-order valence-corrected chi connectivity index (χ1v) is 8.29. The van der Waals surface area contributed by atoms with E-state index in [0.29, 0.717) is 17.0 Å². The van der Waals surface area contributed by atoms with Crippen LogP contribution in [0.1, 0.15) is 42.7 Å².